The maximum atomic E-state index is 13.3. The number of carbonyl (C=O) groups excluding carboxylic acids is 4. The minimum Gasteiger partial charge on any atom is -0.484 e. The van der Waals surface area contributed by atoms with E-state index in [-0.39, 0.29) is 25.5 Å². The molecule has 1 fully saturated rings. The first kappa shape index (κ1) is 28.1. The van der Waals surface area contributed by atoms with Gasteiger partial charge in [-0.3, -0.25) is 19.2 Å². The third-order valence-electron chi connectivity index (χ3n) is 5.73. The van der Waals surface area contributed by atoms with Gasteiger partial charge in [0, 0.05) is 6.54 Å². The molecule has 0 bridgehead atoms. The van der Waals surface area contributed by atoms with Crippen LogP contribution in [-0.4, -0.2) is 65.9 Å². The zero-order chi connectivity index (χ0) is 26.3. The number of carbonyl (C=O) groups is 4. The summed E-state index contributed by atoms with van der Waals surface area (Å²) in [6.45, 7) is 6.13. The van der Waals surface area contributed by atoms with Crippen LogP contribution in [-0.2, 0) is 19.2 Å². The lowest BCUT2D eigenvalue weighted by Crippen LogP contribution is -2.58. The van der Waals surface area contributed by atoms with Crippen molar-refractivity contribution in [2.75, 3.05) is 13.2 Å². The molecule has 11 heteroatoms. The van der Waals surface area contributed by atoms with Gasteiger partial charge in [0.05, 0.1) is 6.04 Å². The quantitative estimate of drug-likeness (QED) is 0.515. The second-order valence-corrected chi connectivity index (χ2v) is 9.17. The van der Waals surface area contributed by atoms with Crippen LogP contribution in [0.1, 0.15) is 40.5 Å². The number of ether oxygens (including phenoxy) is 1. The number of rotatable bonds is 10. The van der Waals surface area contributed by atoms with E-state index in [0.29, 0.717) is 12.2 Å². The number of para-hydroxylation sites is 1. The molecule has 1 aromatic rings. The van der Waals surface area contributed by atoms with Gasteiger partial charge in [0.2, 0.25) is 11.8 Å². The Bertz CT molecular complexity index is 905. The lowest BCUT2D eigenvalue weighted by molar-refractivity contribution is -0.175. The Kier molecular flexibility index (Phi) is 9.67. The molecule has 35 heavy (non-hydrogen) atoms. The third kappa shape index (κ3) is 7.69. The van der Waals surface area contributed by atoms with E-state index in [0.717, 1.165) is 0 Å². The summed E-state index contributed by atoms with van der Waals surface area (Å²) in [4.78, 5) is 51.6. The molecule has 1 saturated heterocycles. The van der Waals surface area contributed by atoms with Crippen molar-refractivity contribution >= 4 is 23.5 Å². The Hall–Kier alpha value is -3.11. The zero-order valence-electron chi connectivity index (χ0n) is 20.2. The second kappa shape index (κ2) is 12.0. The number of nitrogens with zero attached hydrogens (tertiary/aromatic N) is 1. The van der Waals surface area contributed by atoms with Crippen LogP contribution in [0.25, 0.3) is 0 Å². The molecule has 0 saturated carbocycles. The first-order valence-corrected chi connectivity index (χ1v) is 11.5. The molecule has 0 radical (unpaired) electrons. The molecule has 8 nitrogen and oxygen atoms in total. The lowest BCUT2D eigenvalue weighted by atomic mass is 9.98. The highest BCUT2D eigenvalue weighted by Gasteiger charge is 2.46. The summed E-state index contributed by atoms with van der Waals surface area (Å²) in [5.74, 6) is -4.56. The number of nitrogens with one attached hydrogen (secondary N) is 2. The van der Waals surface area contributed by atoms with E-state index in [1.54, 1.807) is 44.2 Å². The average Bonchev–Trinajstić information content (AvgIpc) is 3.28. The maximum absolute atomic E-state index is 13.3. The maximum Gasteiger partial charge on any atom is 0.452 e. The van der Waals surface area contributed by atoms with Crippen molar-refractivity contribution in [2.24, 2.45) is 11.8 Å². The molecule has 1 aromatic carbocycles. The third-order valence-corrected chi connectivity index (χ3v) is 5.73. The Morgan fingerprint density at radius 2 is 1.60 bits per heavy atom. The molecule has 0 spiro atoms. The number of halogens is 3. The fourth-order valence-electron chi connectivity index (χ4n) is 3.84. The first-order chi connectivity index (χ1) is 16.3. The van der Waals surface area contributed by atoms with Gasteiger partial charge in [-0.15, -0.1) is 0 Å². The standard InChI is InChI=1S/C24H32F3N3O5/c1-14(2)19(21(32)24(25,26)27)29-22(33)17-11-8-12-30(17)23(34)20(15(3)4)28-18(31)13-35-16-9-6-5-7-10-16/h5-7,9-10,14-15,17,19-20H,8,11-13H2,1-4H3,(H,28,31)(H,29,33)/t17-,19-,20-/m0/s1. The number of Topliss-reactive ketones (excluding diaryl/α,β-unsaturated/α-hetero) is 1. The highest BCUT2D eigenvalue weighted by Crippen LogP contribution is 2.24. The number of ketones is 1. The predicted octanol–water partition coefficient (Wildman–Crippen LogP) is 2.47. The molecule has 1 aliphatic rings. The summed E-state index contributed by atoms with van der Waals surface area (Å²) >= 11 is 0. The van der Waals surface area contributed by atoms with E-state index in [9.17, 15) is 32.3 Å². The summed E-state index contributed by atoms with van der Waals surface area (Å²) in [6.07, 6.45) is -4.40. The molecule has 1 aliphatic heterocycles. The smallest absolute Gasteiger partial charge is 0.452 e. The highest BCUT2D eigenvalue weighted by atomic mass is 19.4. The van der Waals surface area contributed by atoms with Gasteiger partial charge in [-0.05, 0) is 36.8 Å². The number of alkyl halides is 3. The molecule has 2 N–H and O–H groups in total. The minimum absolute atomic E-state index is 0.204. The molecule has 1 heterocycles. The molecule has 0 aromatic heterocycles. The van der Waals surface area contributed by atoms with Crippen LogP contribution < -0.4 is 15.4 Å². The average molecular weight is 500 g/mol. The normalized spacial score (nSPS) is 17.7. The summed E-state index contributed by atoms with van der Waals surface area (Å²) in [6, 6.07) is 4.90. The second-order valence-electron chi connectivity index (χ2n) is 9.17. The van der Waals surface area contributed by atoms with E-state index >= 15 is 0 Å². The number of likely N-dealkylation sites (tertiary alicyclic amines) is 1. The van der Waals surface area contributed by atoms with Gasteiger partial charge in [0.25, 0.3) is 11.7 Å². The monoisotopic (exact) mass is 499 g/mol. The van der Waals surface area contributed by atoms with Crippen molar-refractivity contribution < 1.29 is 37.1 Å². The molecule has 3 amide bonds. The molecule has 3 atom stereocenters. The van der Waals surface area contributed by atoms with Gasteiger partial charge in [-0.25, -0.2) is 0 Å². The van der Waals surface area contributed by atoms with E-state index in [1.165, 1.54) is 18.7 Å². The van der Waals surface area contributed by atoms with Crippen LogP contribution in [0.2, 0.25) is 0 Å². The molecule has 2 rings (SSSR count). The number of amides is 3. The van der Waals surface area contributed by atoms with Crippen molar-refractivity contribution in [2.45, 2.75) is 64.8 Å². The largest absolute Gasteiger partial charge is 0.484 e. The highest BCUT2D eigenvalue weighted by molar-refractivity contribution is 5.96. The van der Waals surface area contributed by atoms with E-state index < -0.39 is 53.7 Å². The van der Waals surface area contributed by atoms with Gasteiger partial charge in [-0.1, -0.05) is 45.9 Å². The Morgan fingerprint density at radius 3 is 2.14 bits per heavy atom. The van der Waals surface area contributed by atoms with Crippen LogP contribution in [0.5, 0.6) is 5.75 Å². The SMILES string of the molecule is CC(C)[C@H](NC(=O)COc1ccccc1)C(=O)N1CCC[C@H]1C(=O)N[C@H](C(=O)C(F)(F)F)C(C)C. The zero-order valence-corrected chi connectivity index (χ0v) is 20.2. The molecule has 0 unspecified atom stereocenters. The van der Waals surface area contributed by atoms with Gasteiger partial charge in [-0.2, -0.15) is 13.2 Å². The summed E-state index contributed by atoms with van der Waals surface area (Å²) in [7, 11) is 0. The summed E-state index contributed by atoms with van der Waals surface area (Å²) in [5.41, 5.74) is 0. The Labute approximate surface area is 202 Å². The van der Waals surface area contributed by atoms with Crippen LogP contribution in [0.3, 0.4) is 0 Å². The Morgan fingerprint density at radius 1 is 1.00 bits per heavy atom. The fourth-order valence-corrected chi connectivity index (χ4v) is 3.84. The number of hydrogen-bond acceptors (Lipinski definition) is 5. The lowest BCUT2D eigenvalue weighted by Gasteiger charge is -2.31. The van der Waals surface area contributed by atoms with Crippen LogP contribution in [0, 0.1) is 11.8 Å². The van der Waals surface area contributed by atoms with Crippen molar-refractivity contribution in [1.82, 2.24) is 15.5 Å². The van der Waals surface area contributed by atoms with Crippen LogP contribution >= 0.6 is 0 Å². The van der Waals surface area contributed by atoms with Gasteiger partial charge in [0.15, 0.2) is 6.61 Å². The Balaban J connectivity index is 2.07. The van der Waals surface area contributed by atoms with E-state index in [1.807, 2.05) is 0 Å². The first-order valence-electron chi connectivity index (χ1n) is 11.5. The van der Waals surface area contributed by atoms with E-state index in [4.69, 9.17) is 4.74 Å². The summed E-state index contributed by atoms with van der Waals surface area (Å²) in [5, 5.41) is 4.82. The van der Waals surface area contributed by atoms with Gasteiger partial charge in [0.1, 0.15) is 17.8 Å². The molecular weight excluding hydrogens is 467 g/mol. The molecule has 194 valence electrons. The van der Waals surface area contributed by atoms with Gasteiger partial charge < -0.3 is 20.3 Å². The molecule has 0 aliphatic carbocycles. The van der Waals surface area contributed by atoms with Crippen molar-refractivity contribution in [3.8, 4) is 5.75 Å². The number of benzene rings is 1. The van der Waals surface area contributed by atoms with Gasteiger partial charge >= 0.3 is 6.18 Å². The topological polar surface area (TPSA) is 105 Å². The van der Waals surface area contributed by atoms with Crippen LogP contribution in [0.15, 0.2) is 30.3 Å². The fraction of sp³-hybridized carbons (Fsp3) is 0.583. The number of hydrogen-bond donors (Lipinski definition) is 2. The van der Waals surface area contributed by atoms with E-state index in [2.05, 4.69) is 10.6 Å². The van der Waals surface area contributed by atoms with Crippen LogP contribution in [0.4, 0.5) is 13.2 Å². The molecular formula is C24H32F3N3O5. The van der Waals surface area contributed by atoms with Crippen molar-refractivity contribution in [3.63, 3.8) is 0 Å². The minimum atomic E-state index is -5.10. The summed E-state index contributed by atoms with van der Waals surface area (Å²) < 4.78 is 44.3. The predicted molar refractivity (Wildman–Crippen MR) is 121 cm³/mol. The van der Waals surface area contributed by atoms with Crippen molar-refractivity contribution in [1.29, 1.82) is 0 Å². The van der Waals surface area contributed by atoms with Crippen molar-refractivity contribution in [3.05, 3.63) is 30.3 Å².